The van der Waals surface area contributed by atoms with Gasteiger partial charge in [0, 0.05) is 16.8 Å². The molecule has 1 N–H and O–H groups in total. The van der Waals surface area contributed by atoms with E-state index in [4.69, 9.17) is 16.3 Å². The van der Waals surface area contributed by atoms with Crippen molar-refractivity contribution in [2.75, 3.05) is 6.61 Å². The van der Waals surface area contributed by atoms with Crippen LogP contribution in [0.3, 0.4) is 0 Å². The number of aromatic nitrogens is 1. The SMILES string of the molecule is CCCOc1cncc(C(O)c2ccc(Cl)cc2C)c1. The van der Waals surface area contributed by atoms with Gasteiger partial charge in [-0.3, -0.25) is 4.98 Å². The van der Waals surface area contributed by atoms with Gasteiger partial charge in [-0.05, 0) is 42.7 Å². The molecule has 0 saturated carbocycles. The molecule has 0 spiro atoms. The second kappa shape index (κ2) is 6.73. The summed E-state index contributed by atoms with van der Waals surface area (Å²) in [6.45, 7) is 4.61. The van der Waals surface area contributed by atoms with E-state index in [2.05, 4.69) is 4.98 Å². The predicted molar refractivity (Wildman–Crippen MR) is 80.3 cm³/mol. The highest BCUT2D eigenvalue weighted by Crippen LogP contribution is 2.28. The Bertz CT molecular complexity index is 586. The highest BCUT2D eigenvalue weighted by atomic mass is 35.5. The van der Waals surface area contributed by atoms with Gasteiger partial charge in [0.2, 0.25) is 0 Å². The lowest BCUT2D eigenvalue weighted by atomic mass is 9.99. The molecule has 0 amide bonds. The van der Waals surface area contributed by atoms with Gasteiger partial charge in [-0.15, -0.1) is 0 Å². The van der Waals surface area contributed by atoms with Gasteiger partial charge in [-0.1, -0.05) is 24.6 Å². The molecular formula is C16H18ClNO2. The number of hydrogen-bond acceptors (Lipinski definition) is 3. The average molecular weight is 292 g/mol. The molecule has 1 aromatic carbocycles. The zero-order valence-electron chi connectivity index (χ0n) is 11.6. The maximum atomic E-state index is 10.5. The number of halogens is 1. The lowest BCUT2D eigenvalue weighted by Crippen LogP contribution is -2.04. The molecule has 0 aliphatic carbocycles. The Hall–Kier alpha value is -1.58. The Kier molecular flexibility index (Phi) is 4.99. The summed E-state index contributed by atoms with van der Waals surface area (Å²) in [6, 6.07) is 7.27. The van der Waals surface area contributed by atoms with Crippen molar-refractivity contribution in [2.45, 2.75) is 26.4 Å². The van der Waals surface area contributed by atoms with Gasteiger partial charge < -0.3 is 9.84 Å². The zero-order valence-corrected chi connectivity index (χ0v) is 12.4. The fourth-order valence-corrected chi connectivity index (χ4v) is 2.24. The molecule has 2 rings (SSSR count). The van der Waals surface area contributed by atoms with Crippen LogP contribution in [0.25, 0.3) is 0 Å². The van der Waals surface area contributed by atoms with Crippen LogP contribution in [0.15, 0.2) is 36.7 Å². The van der Waals surface area contributed by atoms with E-state index in [0.717, 1.165) is 17.5 Å². The Morgan fingerprint density at radius 1 is 1.30 bits per heavy atom. The molecule has 0 fully saturated rings. The summed E-state index contributed by atoms with van der Waals surface area (Å²) in [4.78, 5) is 4.12. The number of nitrogens with zero attached hydrogens (tertiary/aromatic N) is 1. The second-order valence-electron chi connectivity index (χ2n) is 4.71. The number of ether oxygens (including phenoxy) is 1. The van der Waals surface area contributed by atoms with Crippen LogP contribution in [-0.4, -0.2) is 16.7 Å². The highest BCUT2D eigenvalue weighted by molar-refractivity contribution is 6.30. The minimum Gasteiger partial charge on any atom is -0.492 e. The minimum absolute atomic E-state index is 0.640. The molecule has 1 atom stereocenters. The molecule has 2 aromatic rings. The Labute approximate surface area is 124 Å². The first-order chi connectivity index (χ1) is 9.61. The molecule has 20 heavy (non-hydrogen) atoms. The number of aliphatic hydroxyl groups excluding tert-OH is 1. The molecule has 4 heteroatoms. The molecule has 0 radical (unpaired) electrons. The van der Waals surface area contributed by atoms with Crippen LogP contribution in [0.5, 0.6) is 5.75 Å². The van der Waals surface area contributed by atoms with Gasteiger partial charge >= 0.3 is 0 Å². The summed E-state index contributed by atoms with van der Waals surface area (Å²) >= 11 is 5.94. The third kappa shape index (κ3) is 3.50. The van der Waals surface area contributed by atoms with E-state index in [1.165, 1.54) is 0 Å². The smallest absolute Gasteiger partial charge is 0.137 e. The summed E-state index contributed by atoms with van der Waals surface area (Å²) in [5.74, 6) is 0.676. The second-order valence-corrected chi connectivity index (χ2v) is 5.14. The van der Waals surface area contributed by atoms with Crippen LogP contribution in [0.2, 0.25) is 5.02 Å². The molecule has 1 unspecified atom stereocenters. The molecule has 1 aromatic heterocycles. The monoisotopic (exact) mass is 291 g/mol. The first kappa shape index (κ1) is 14.8. The number of pyridine rings is 1. The molecule has 0 saturated heterocycles. The zero-order chi connectivity index (χ0) is 14.5. The summed E-state index contributed by atoms with van der Waals surface area (Å²) in [7, 11) is 0. The fraction of sp³-hybridized carbons (Fsp3) is 0.312. The molecular weight excluding hydrogens is 274 g/mol. The Morgan fingerprint density at radius 3 is 2.80 bits per heavy atom. The molecule has 106 valence electrons. The molecule has 1 heterocycles. The van der Waals surface area contributed by atoms with Gasteiger partial charge in [0.1, 0.15) is 11.9 Å². The van der Waals surface area contributed by atoms with Crippen LogP contribution < -0.4 is 4.74 Å². The van der Waals surface area contributed by atoms with Crippen molar-refractivity contribution < 1.29 is 9.84 Å². The average Bonchev–Trinajstić information content (AvgIpc) is 2.45. The van der Waals surface area contributed by atoms with Gasteiger partial charge in [-0.2, -0.15) is 0 Å². The molecule has 0 aliphatic heterocycles. The maximum absolute atomic E-state index is 10.5. The summed E-state index contributed by atoms with van der Waals surface area (Å²) in [5.41, 5.74) is 2.48. The Balaban J connectivity index is 2.26. The number of hydrogen-bond donors (Lipinski definition) is 1. The standard InChI is InChI=1S/C16H18ClNO2/c1-3-6-20-14-8-12(9-18-10-14)16(19)15-5-4-13(17)7-11(15)2/h4-5,7-10,16,19H,3,6H2,1-2H3. The topological polar surface area (TPSA) is 42.4 Å². The number of aliphatic hydroxyl groups is 1. The van der Waals surface area contributed by atoms with Gasteiger partial charge in [-0.25, -0.2) is 0 Å². The van der Waals surface area contributed by atoms with Crippen LogP contribution >= 0.6 is 11.6 Å². The van der Waals surface area contributed by atoms with E-state index in [1.807, 2.05) is 32.0 Å². The lowest BCUT2D eigenvalue weighted by molar-refractivity contribution is 0.218. The molecule has 0 bridgehead atoms. The van der Waals surface area contributed by atoms with Crippen molar-refractivity contribution in [3.8, 4) is 5.75 Å². The van der Waals surface area contributed by atoms with Crippen LogP contribution in [0.4, 0.5) is 0 Å². The van der Waals surface area contributed by atoms with E-state index in [1.54, 1.807) is 18.5 Å². The maximum Gasteiger partial charge on any atom is 0.137 e. The third-order valence-corrected chi connectivity index (χ3v) is 3.28. The highest BCUT2D eigenvalue weighted by Gasteiger charge is 2.14. The van der Waals surface area contributed by atoms with E-state index < -0.39 is 6.10 Å². The van der Waals surface area contributed by atoms with E-state index in [9.17, 15) is 5.11 Å². The van der Waals surface area contributed by atoms with Gasteiger partial charge in [0.15, 0.2) is 0 Å². The van der Waals surface area contributed by atoms with Crippen molar-refractivity contribution in [2.24, 2.45) is 0 Å². The van der Waals surface area contributed by atoms with E-state index in [0.29, 0.717) is 22.9 Å². The lowest BCUT2D eigenvalue weighted by Gasteiger charge is -2.15. The summed E-state index contributed by atoms with van der Waals surface area (Å²) in [5, 5.41) is 11.1. The van der Waals surface area contributed by atoms with Crippen molar-refractivity contribution in [1.29, 1.82) is 0 Å². The first-order valence-electron chi connectivity index (χ1n) is 6.63. The minimum atomic E-state index is -0.732. The van der Waals surface area contributed by atoms with Crippen LogP contribution in [-0.2, 0) is 0 Å². The van der Waals surface area contributed by atoms with Gasteiger partial charge in [0.05, 0.1) is 12.8 Å². The first-order valence-corrected chi connectivity index (χ1v) is 7.01. The van der Waals surface area contributed by atoms with Crippen molar-refractivity contribution in [3.05, 3.63) is 58.4 Å². The van der Waals surface area contributed by atoms with Crippen LogP contribution in [0, 0.1) is 6.92 Å². The third-order valence-electron chi connectivity index (χ3n) is 3.05. The molecule has 3 nitrogen and oxygen atoms in total. The van der Waals surface area contributed by atoms with Crippen LogP contribution in [0.1, 0.15) is 36.1 Å². The number of aryl methyl sites for hydroxylation is 1. The largest absolute Gasteiger partial charge is 0.492 e. The van der Waals surface area contributed by atoms with E-state index >= 15 is 0 Å². The van der Waals surface area contributed by atoms with Crippen molar-refractivity contribution >= 4 is 11.6 Å². The fourth-order valence-electron chi connectivity index (χ4n) is 2.01. The quantitative estimate of drug-likeness (QED) is 0.908. The number of benzene rings is 1. The van der Waals surface area contributed by atoms with Crippen molar-refractivity contribution in [3.63, 3.8) is 0 Å². The summed E-state index contributed by atoms with van der Waals surface area (Å²) in [6.07, 6.45) is 3.51. The van der Waals surface area contributed by atoms with Gasteiger partial charge in [0.25, 0.3) is 0 Å². The molecule has 0 aliphatic rings. The Morgan fingerprint density at radius 2 is 2.10 bits per heavy atom. The van der Waals surface area contributed by atoms with Crippen molar-refractivity contribution in [1.82, 2.24) is 4.98 Å². The number of rotatable bonds is 5. The predicted octanol–water partition coefficient (Wildman–Crippen LogP) is 3.91. The summed E-state index contributed by atoms with van der Waals surface area (Å²) < 4.78 is 5.54. The van der Waals surface area contributed by atoms with E-state index in [-0.39, 0.29) is 0 Å². The normalized spacial score (nSPS) is 12.2.